The standard InChI is InChI=1S/C15H25NOSi/c1-7-13(2)15(14-11-9-8-10-12-14)16(3)17-18(4,5)6/h7-13,15H,1H2,2-6H3/t13-,15+/m1/s1. The maximum atomic E-state index is 6.10. The Hall–Kier alpha value is -0.903. The molecule has 0 fully saturated rings. The summed E-state index contributed by atoms with van der Waals surface area (Å²) in [6, 6.07) is 10.7. The summed E-state index contributed by atoms with van der Waals surface area (Å²) in [7, 11) is 0.441. The van der Waals surface area contributed by atoms with Crippen LogP contribution in [0.5, 0.6) is 0 Å². The highest BCUT2D eigenvalue weighted by molar-refractivity contribution is 6.69. The van der Waals surface area contributed by atoms with Crippen molar-refractivity contribution in [2.24, 2.45) is 5.92 Å². The lowest BCUT2D eigenvalue weighted by atomic mass is 9.94. The van der Waals surface area contributed by atoms with Crippen molar-refractivity contribution < 1.29 is 4.53 Å². The van der Waals surface area contributed by atoms with Crippen LogP contribution in [0.25, 0.3) is 0 Å². The van der Waals surface area contributed by atoms with Crippen LogP contribution in [0.4, 0.5) is 0 Å². The fraction of sp³-hybridized carbons (Fsp3) is 0.467. The van der Waals surface area contributed by atoms with Gasteiger partial charge in [-0.15, -0.1) is 6.58 Å². The zero-order valence-electron chi connectivity index (χ0n) is 12.2. The molecule has 0 saturated heterocycles. The van der Waals surface area contributed by atoms with E-state index in [4.69, 9.17) is 4.53 Å². The van der Waals surface area contributed by atoms with E-state index in [-0.39, 0.29) is 6.04 Å². The second kappa shape index (κ2) is 6.32. The van der Waals surface area contributed by atoms with Crippen LogP contribution in [0.15, 0.2) is 43.0 Å². The van der Waals surface area contributed by atoms with Gasteiger partial charge in [0.1, 0.15) is 0 Å². The van der Waals surface area contributed by atoms with Gasteiger partial charge in [-0.25, -0.2) is 0 Å². The normalized spacial score (nSPS) is 15.4. The molecule has 0 bridgehead atoms. The SMILES string of the molecule is C=C[C@@H](C)[C@@H](c1ccccc1)N(C)O[Si](C)(C)C. The Labute approximate surface area is 112 Å². The molecule has 18 heavy (non-hydrogen) atoms. The lowest BCUT2D eigenvalue weighted by Gasteiger charge is -2.35. The summed E-state index contributed by atoms with van der Waals surface area (Å²) in [5.74, 6) is 0.341. The minimum absolute atomic E-state index is 0.218. The average Bonchev–Trinajstić information content (AvgIpc) is 2.28. The van der Waals surface area contributed by atoms with E-state index in [0.29, 0.717) is 5.92 Å². The molecule has 0 unspecified atom stereocenters. The van der Waals surface area contributed by atoms with Crippen LogP contribution in [-0.4, -0.2) is 20.4 Å². The smallest absolute Gasteiger partial charge is 0.212 e. The van der Waals surface area contributed by atoms with Gasteiger partial charge in [-0.2, -0.15) is 5.06 Å². The molecule has 0 aromatic heterocycles. The van der Waals surface area contributed by atoms with Gasteiger partial charge in [0.15, 0.2) is 0 Å². The Bertz CT molecular complexity index is 372. The van der Waals surface area contributed by atoms with Crippen LogP contribution in [0, 0.1) is 5.92 Å². The molecule has 1 aromatic carbocycles. The summed E-state index contributed by atoms with van der Waals surface area (Å²) in [5, 5.41) is 2.01. The minimum Gasteiger partial charge on any atom is -0.343 e. The van der Waals surface area contributed by atoms with Crippen molar-refractivity contribution in [2.45, 2.75) is 32.6 Å². The highest BCUT2D eigenvalue weighted by atomic mass is 28.4. The summed E-state index contributed by atoms with van der Waals surface area (Å²) in [5.41, 5.74) is 1.27. The second-order valence-corrected chi connectivity index (χ2v) is 10.1. The molecule has 0 aliphatic heterocycles. The number of rotatable bonds is 6. The Balaban J connectivity index is 2.96. The van der Waals surface area contributed by atoms with E-state index in [9.17, 15) is 0 Å². The van der Waals surface area contributed by atoms with Crippen molar-refractivity contribution in [1.29, 1.82) is 0 Å². The number of hydrogen-bond acceptors (Lipinski definition) is 2. The highest BCUT2D eigenvalue weighted by Gasteiger charge is 2.27. The lowest BCUT2D eigenvalue weighted by Crippen LogP contribution is -2.39. The van der Waals surface area contributed by atoms with Crippen molar-refractivity contribution >= 4 is 8.32 Å². The topological polar surface area (TPSA) is 12.5 Å². The van der Waals surface area contributed by atoms with Crippen LogP contribution < -0.4 is 0 Å². The van der Waals surface area contributed by atoms with E-state index in [1.807, 2.05) is 24.3 Å². The maximum Gasteiger partial charge on any atom is 0.212 e. The van der Waals surface area contributed by atoms with Gasteiger partial charge in [-0.05, 0) is 31.1 Å². The Morgan fingerprint density at radius 1 is 1.22 bits per heavy atom. The van der Waals surface area contributed by atoms with Crippen LogP contribution in [0.2, 0.25) is 19.6 Å². The first-order chi connectivity index (χ1) is 8.35. The predicted octanol–water partition coefficient (Wildman–Crippen LogP) is 4.25. The fourth-order valence-electron chi connectivity index (χ4n) is 2.11. The molecule has 1 aromatic rings. The maximum absolute atomic E-state index is 6.10. The van der Waals surface area contributed by atoms with Gasteiger partial charge in [0, 0.05) is 7.05 Å². The zero-order valence-corrected chi connectivity index (χ0v) is 13.2. The van der Waals surface area contributed by atoms with Crippen LogP contribution in [-0.2, 0) is 4.53 Å². The molecule has 1 rings (SSSR count). The molecule has 0 amide bonds. The molecule has 0 aliphatic rings. The summed E-state index contributed by atoms with van der Waals surface area (Å²) in [6.45, 7) is 12.7. The van der Waals surface area contributed by atoms with Gasteiger partial charge in [0.2, 0.25) is 8.32 Å². The third-order valence-corrected chi connectivity index (χ3v) is 3.66. The number of hydrogen-bond donors (Lipinski definition) is 0. The third kappa shape index (κ3) is 4.41. The number of nitrogens with zero attached hydrogens (tertiary/aromatic N) is 1. The molecular formula is C15H25NOSi. The third-order valence-electron chi connectivity index (χ3n) is 2.82. The fourth-order valence-corrected chi connectivity index (χ4v) is 3.09. The quantitative estimate of drug-likeness (QED) is 0.432. The van der Waals surface area contributed by atoms with E-state index >= 15 is 0 Å². The molecule has 2 nitrogen and oxygen atoms in total. The van der Waals surface area contributed by atoms with E-state index in [1.165, 1.54) is 5.56 Å². The van der Waals surface area contributed by atoms with E-state index in [1.54, 1.807) is 0 Å². The first kappa shape index (κ1) is 15.2. The largest absolute Gasteiger partial charge is 0.343 e. The van der Waals surface area contributed by atoms with Crippen molar-refractivity contribution in [3.05, 3.63) is 48.6 Å². The van der Waals surface area contributed by atoms with Crippen LogP contribution in [0.3, 0.4) is 0 Å². The molecule has 3 heteroatoms. The van der Waals surface area contributed by atoms with Crippen molar-refractivity contribution in [1.82, 2.24) is 5.06 Å². The Morgan fingerprint density at radius 3 is 2.22 bits per heavy atom. The van der Waals surface area contributed by atoms with Gasteiger partial charge in [0.25, 0.3) is 0 Å². The molecule has 0 aliphatic carbocycles. The van der Waals surface area contributed by atoms with Gasteiger partial charge in [-0.3, -0.25) is 0 Å². The summed E-state index contributed by atoms with van der Waals surface area (Å²) < 4.78 is 6.10. The lowest BCUT2D eigenvalue weighted by molar-refractivity contribution is -0.0923. The monoisotopic (exact) mass is 263 g/mol. The summed E-state index contributed by atoms with van der Waals surface area (Å²) in [6.07, 6.45) is 1.99. The molecule has 0 spiro atoms. The molecule has 100 valence electrons. The molecular weight excluding hydrogens is 238 g/mol. The first-order valence-corrected chi connectivity index (χ1v) is 9.85. The second-order valence-electron chi connectivity index (χ2n) is 5.70. The van der Waals surface area contributed by atoms with Crippen LogP contribution in [0.1, 0.15) is 18.5 Å². The van der Waals surface area contributed by atoms with Gasteiger partial charge in [-0.1, -0.05) is 43.3 Å². The minimum atomic E-state index is -1.58. The van der Waals surface area contributed by atoms with Gasteiger partial charge >= 0.3 is 0 Å². The van der Waals surface area contributed by atoms with Crippen molar-refractivity contribution in [3.8, 4) is 0 Å². The zero-order chi connectivity index (χ0) is 13.8. The first-order valence-electron chi connectivity index (χ1n) is 6.44. The van der Waals surface area contributed by atoms with E-state index < -0.39 is 8.32 Å². The summed E-state index contributed by atoms with van der Waals surface area (Å²) in [4.78, 5) is 0. The Kier molecular flexibility index (Phi) is 5.32. The van der Waals surface area contributed by atoms with E-state index in [2.05, 4.69) is 57.4 Å². The van der Waals surface area contributed by atoms with Crippen molar-refractivity contribution in [2.75, 3.05) is 7.05 Å². The predicted molar refractivity (Wildman–Crippen MR) is 80.7 cm³/mol. The molecule has 0 radical (unpaired) electrons. The Morgan fingerprint density at radius 2 is 1.78 bits per heavy atom. The highest BCUT2D eigenvalue weighted by Crippen LogP contribution is 2.29. The summed E-state index contributed by atoms with van der Waals surface area (Å²) >= 11 is 0. The van der Waals surface area contributed by atoms with Crippen molar-refractivity contribution in [3.63, 3.8) is 0 Å². The average molecular weight is 263 g/mol. The van der Waals surface area contributed by atoms with E-state index in [0.717, 1.165) is 0 Å². The number of hydroxylamine groups is 2. The number of benzene rings is 1. The van der Waals surface area contributed by atoms with Crippen LogP contribution >= 0.6 is 0 Å². The molecule has 0 N–H and O–H groups in total. The van der Waals surface area contributed by atoms with Gasteiger partial charge < -0.3 is 4.53 Å². The molecule has 0 saturated carbocycles. The molecule has 0 heterocycles. The molecule has 2 atom stereocenters. The van der Waals surface area contributed by atoms with Gasteiger partial charge in [0.05, 0.1) is 6.04 Å².